The highest BCUT2D eigenvalue weighted by Crippen LogP contribution is 2.25. The fourth-order valence-corrected chi connectivity index (χ4v) is 4.24. The summed E-state index contributed by atoms with van der Waals surface area (Å²) in [6.07, 6.45) is 2.69. The van der Waals surface area contributed by atoms with Gasteiger partial charge >= 0.3 is 5.97 Å². The van der Waals surface area contributed by atoms with Gasteiger partial charge in [-0.2, -0.15) is 0 Å². The van der Waals surface area contributed by atoms with E-state index in [1.165, 1.54) is 17.0 Å². The van der Waals surface area contributed by atoms with Crippen LogP contribution in [-0.2, 0) is 14.8 Å². The molecule has 7 nitrogen and oxygen atoms in total. The van der Waals surface area contributed by atoms with Gasteiger partial charge < -0.3 is 10.0 Å². The number of carbonyl (C=O) groups excluding carboxylic acids is 1. The SMILES string of the molecule is Cc1ccc(S(=O)(=O)NC2CC2)cc1C(=O)N1CCC[C@@H]1C(=O)O. The van der Waals surface area contributed by atoms with Gasteiger partial charge in [-0.15, -0.1) is 0 Å². The number of hydrogen-bond donors (Lipinski definition) is 2. The van der Waals surface area contributed by atoms with Gasteiger partial charge in [0.15, 0.2) is 0 Å². The first-order chi connectivity index (χ1) is 11.3. The maximum atomic E-state index is 12.7. The summed E-state index contributed by atoms with van der Waals surface area (Å²) < 4.78 is 27.2. The number of likely N-dealkylation sites (tertiary alicyclic amines) is 1. The number of aliphatic carboxylic acids is 1. The van der Waals surface area contributed by atoms with Crippen LogP contribution in [0.1, 0.15) is 41.6 Å². The Balaban J connectivity index is 1.91. The lowest BCUT2D eigenvalue weighted by Gasteiger charge is -2.22. The van der Waals surface area contributed by atoms with Crippen molar-refractivity contribution in [2.45, 2.75) is 49.6 Å². The molecule has 1 amide bonds. The van der Waals surface area contributed by atoms with Crippen LogP contribution in [0, 0.1) is 6.92 Å². The Kier molecular flexibility index (Phi) is 4.35. The average Bonchev–Trinajstić information content (AvgIpc) is 3.17. The fourth-order valence-electron chi connectivity index (χ4n) is 2.91. The Morgan fingerprint density at radius 3 is 2.58 bits per heavy atom. The number of carboxylic acid groups (broad SMARTS) is 1. The van der Waals surface area contributed by atoms with Crippen molar-refractivity contribution in [2.24, 2.45) is 0 Å². The number of amides is 1. The monoisotopic (exact) mass is 352 g/mol. The van der Waals surface area contributed by atoms with Gasteiger partial charge in [0.1, 0.15) is 6.04 Å². The minimum absolute atomic E-state index is 0.0228. The second-order valence-corrected chi connectivity index (χ2v) is 8.08. The summed E-state index contributed by atoms with van der Waals surface area (Å²) >= 11 is 0. The summed E-state index contributed by atoms with van der Waals surface area (Å²) in [6.45, 7) is 2.08. The molecule has 1 aromatic carbocycles. The molecule has 130 valence electrons. The standard InChI is InChI=1S/C16H20N2O5S/c1-10-4-7-12(24(22,23)17-11-5-6-11)9-13(10)15(19)18-8-2-3-14(18)16(20)21/h4,7,9,11,14,17H,2-3,5-6,8H2,1H3,(H,20,21)/t14-/m1/s1. The van der Waals surface area contributed by atoms with Crippen molar-refractivity contribution in [1.29, 1.82) is 0 Å². The van der Waals surface area contributed by atoms with E-state index in [1.807, 2.05) is 0 Å². The Morgan fingerprint density at radius 2 is 1.96 bits per heavy atom. The molecule has 1 heterocycles. The summed E-state index contributed by atoms with van der Waals surface area (Å²) in [5.74, 6) is -1.46. The van der Waals surface area contributed by atoms with E-state index in [-0.39, 0.29) is 16.5 Å². The van der Waals surface area contributed by atoms with Crippen LogP contribution < -0.4 is 4.72 Å². The molecule has 0 radical (unpaired) electrons. The first kappa shape index (κ1) is 16.9. The van der Waals surface area contributed by atoms with Crippen molar-refractivity contribution in [2.75, 3.05) is 6.54 Å². The first-order valence-corrected chi connectivity index (χ1v) is 9.44. The number of hydrogen-bond acceptors (Lipinski definition) is 4. The lowest BCUT2D eigenvalue weighted by molar-refractivity contribution is -0.141. The van der Waals surface area contributed by atoms with E-state index in [0.29, 0.717) is 24.9 Å². The Hall–Kier alpha value is -1.93. The molecule has 0 bridgehead atoms. The molecule has 1 saturated carbocycles. The van der Waals surface area contributed by atoms with Gasteiger partial charge in [0, 0.05) is 18.2 Å². The van der Waals surface area contributed by atoms with Gasteiger partial charge in [0.25, 0.3) is 5.91 Å². The zero-order chi connectivity index (χ0) is 17.5. The number of nitrogens with zero attached hydrogens (tertiary/aromatic N) is 1. The van der Waals surface area contributed by atoms with E-state index in [2.05, 4.69) is 4.72 Å². The molecule has 1 aromatic rings. The summed E-state index contributed by atoms with van der Waals surface area (Å²) in [5, 5.41) is 9.24. The Bertz CT molecular complexity index is 786. The Morgan fingerprint density at radius 1 is 1.25 bits per heavy atom. The average molecular weight is 352 g/mol. The minimum Gasteiger partial charge on any atom is -0.480 e. The molecule has 8 heteroatoms. The zero-order valence-corrected chi connectivity index (χ0v) is 14.2. The molecule has 0 unspecified atom stereocenters. The quantitative estimate of drug-likeness (QED) is 0.826. The summed E-state index contributed by atoms with van der Waals surface area (Å²) in [5.41, 5.74) is 0.864. The topological polar surface area (TPSA) is 104 Å². The molecule has 2 fully saturated rings. The molecule has 3 rings (SSSR count). The van der Waals surface area contributed by atoms with Crippen LogP contribution >= 0.6 is 0 Å². The minimum atomic E-state index is -3.66. The van der Waals surface area contributed by atoms with Crippen LogP contribution in [0.15, 0.2) is 23.1 Å². The second-order valence-electron chi connectivity index (χ2n) is 6.37. The number of carbonyl (C=O) groups is 2. The molecule has 2 N–H and O–H groups in total. The Labute approximate surface area is 140 Å². The number of sulfonamides is 1. The number of carboxylic acids is 1. The van der Waals surface area contributed by atoms with Gasteiger partial charge in [0.05, 0.1) is 4.90 Å². The van der Waals surface area contributed by atoms with Gasteiger partial charge in [-0.1, -0.05) is 6.07 Å². The number of benzene rings is 1. The van der Waals surface area contributed by atoms with Gasteiger partial charge in [-0.05, 0) is 50.3 Å². The van der Waals surface area contributed by atoms with Crippen LogP contribution in [0.25, 0.3) is 0 Å². The van der Waals surface area contributed by atoms with Crippen molar-refractivity contribution in [1.82, 2.24) is 9.62 Å². The predicted molar refractivity (Wildman–Crippen MR) is 86.2 cm³/mol. The molecule has 24 heavy (non-hydrogen) atoms. The summed E-state index contributed by atoms with van der Waals surface area (Å²) in [4.78, 5) is 25.4. The van der Waals surface area contributed by atoms with Crippen molar-refractivity contribution >= 4 is 21.9 Å². The maximum absolute atomic E-state index is 12.7. The van der Waals surface area contributed by atoms with Crippen LogP contribution in [0.2, 0.25) is 0 Å². The van der Waals surface area contributed by atoms with E-state index in [4.69, 9.17) is 0 Å². The highest BCUT2D eigenvalue weighted by Gasteiger charge is 2.35. The van der Waals surface area contributed by atoms with E-state index in [0.717, 1.165) is 12.8 Å². The molecule has 2 aliphatic rings. The van der Waals surface area contributed by atoms with Gasteiger partial charge in [-0.3, -0.25) is 4.79 Å². The molecule has 0 aromatic heterocycles. The first-order valence-electron chi connectivity index (χ1n) is 7.96. The van der Waals surface area contributed by atoms with Crippen molar-refractivity contribution in [3.8, 4) is 0 Å². The molecular weight excluding hydrogens is 332 g/mol. The van der Waals surface area contributed by atoms with Crippen molar-refractivity contribution in [3.05, 3.63) is 29.3 Å². The largest absolute Gasteiger partial charge is 0.480 e. The third-order valence-corrected chi connectivity index (χ3v) is 5.97. The molecule has 0 spiro atoms. The van der Waals surface area contributed by atoms with Gasteiger partial charge in [-0.25, -0.2) is 17.9 Å². The number of rotatable bonds is 5. The van der Waals surface area contributed by atoms with Crippen LogP contribution in [-0.4, -0.2) is 48.9 Å². The van der Waals surface area contributed by atoms with Crippen molar-refractivity contribution < 1.29 is 23.1 Å². The smallest absolute Gasteiger partial charge is 0.326 e. The predicted octanol–water partition coefficient (Wildman–Crippen LogP) is 1.12. The normalized spacial score (nSPS) is 21.0. The third-order valence-electron chi connectivity index (χ3n) is 4.45. The second kappa shape index (κ2) is 6.18. The molecule has 1 aliphatic carbocycles. The van der Waals surface area contributed by atoms with E-state index < -0.39 is 27.9 Å². The summed E-state index contributed by atoms with van der Waals surface area (Å²) in [7, 11) is -3.66. The van der Waals surface area contributed by atoms with E-state index in [1.54, 1.807) is 13.0 Å². The van der Waals surface area contributed by atoms with E-state index >= 15 is 0 Å². The summed E-state index contributed by atoms with van der Waals surface area (Å²) in [6, 6.07) is 3.53. The molecular formula is C16H20N2O5S. The molecule has 1 atom stereocenters. The maximum Gasteiger partial charge on any atom is 0.326 e. The van der Waals surface area contributed by atoms with Crippen LogP contribution in [0.3, 0.4) is 0 Å². The van der Waals surface area contributed by atoms with Gasteiger partial charge in [0.2, 0.25) is 10.0 Å². The van der Waals surface area contributed by atoms with Crippen molar-refractivity contribution in [3.63, 3.8) is 0 Å². The molecule has 1 aliphatic heterocycles. The zero-order valence-electron chi connectivity index (χ0n) is 13.4. The fraction of sp³-hybridized carbons (Fsp3) is 0.500. The molecule has 1 saturated heterocycles. The lowest BCUT2D eigenvalue weighted by atomic mass is 10.1. The lowest BCUT2D eigenvalue weighted by Crippen LogP contribution is -2.40. The highest BCUT2D eigenvalue weighted by atomic mass is 32.2. The van der Waals surface area contributed by atoms with Crippen LogP contribution in [0.5, 0.6) is 0 Å². The highest BCUT2D eigenvalue weighted by molar-refractivity contribution is 7.89. The van der Waals surface area contributed by atoms with E-state index in [9.17, 15) is 23.1 Å². The number of nitrogens with one attached hydrogen (secondary N) is 1. The van der Waals surface area contributed by atoms with Crippen LogP contribution in [0.4, 0.5) is 0 Å². The number of aryl methyl sites for hydroxylation is 1. The third kappa shape index (κ3) is 3.29.